The van der Waals surface area contributed by atoms with E-state index in [1.807, 2.05) is 11.3 Å². The van der Waals surface area contributed by atoms with Gasteiger partial charge in [-0.3, -0.25) is 0 Å². The largest absolute Gasteiger partial charge is 0.135 e. The first-order chi connectivity index (χ1) is 26.3. The summed E-state index contributed by atoms with van der Waals surface area (Å²) in [6, 6.07) is 71.7. The van der Waals surface area contributed by atoms with E-state index in [1.54, 1.807) is 0 Å². The third-order valence-electron chi connectivity index (χ3n) is 11.0. The van der Waals surface area contributed by atoms with Crippen molar-refractivity contribution < 1.29 is 0 Å². The molecule has 0 saturated heterocycles. The maximum Gasteiger partial charge on any atom is 0.0434 e. The van der Waals surface area contributed by atoms with Crippen LogP contribution in [0.2, 0.25) is 0 Å². The second-order valence-electron chi connectivity index (χ2n) is 14.0. The van der Waals surface area contributed by atoms with Crippen molar-refractivity contribution in [2.75, 3.05) is 0 Å². The molecule has 10 aromatic carbocycles. The van der Waals surface area contributed by atoms with Gasteiger partial charge in [-0.05, 0) is 100 Å². The average molecular weight is 689 g/mol. The number of hydrogen-bond donors (Lipinski definition) is 0. The van der Waals surface area contributed by atoms with Crippen molar-refractivity contribution in [1.29, 1.82) is 0 Å². The standard InChI is InChI=1S/C52H32S/c1-2-13-36-30-39(29-24-33(36)12-1)41-17-6-5-16-40(41)34-25-27-35(28-26-34)50-42-18-7-9-20-44(42)51(45-21-10-8-19-43(45)50)47-23-11-22-46-48-31-37-14-3-4-15-38(37)32-49(48)53-52(46)47/h1-32H. The number of benzene rings is 10. The second kappa shape index (κ2) is 12.0. The smallest absolute Gasteiger partial charge is 0.0434 e. The summed E-state index contributed by atoms with van der Waals surface area (Å²) in [5.41, 5.74) is 10.0. The molecule has 0 amide bonds. The Hall–Kier alpha value is -6.54. The molecule has 0 aliphatic carbocycles. The van der Waals surface area contributed by atoms with E-state index in [4.69, 9.17) is 0 Å². The SMILES string of the molecule is c1ccc(-c2ccc3ccccc3c2)c(-c2ccc(-c3c4ccccc4c(-c4cccc5c4sc4cc6ccccc6cc45)c4ccccc34)cc2)c1. The number of thiophene rings is 1. The molecule has 53 heavy (non-hydrogen) atoms. The van der Waals surface area contributed by atoms with Crippen molar-refractivity contribution in [2.24, 2.45) is 0 Å². The van der Waals surface area contributed by atoms with Crippen LogP contribution in [0.15, 0.2) is 194 Å². The Morgan fingerprint density at radius 1 is 0.264 bits per heavy atom. The molecule has 0 spiro atoms. The summed E-state index contributed by atoms with van der Waals surface area (Å²) in [7, 11) is 0. The Kier molecular flexibility index (Phi) is 6.83. The zero-order valence-electron chi connectivity index (χ0n) is 28.9. The quantitative estimate of drug-likeness (QED) is 0.162. The maximum absolute atomic E-state index is 2.37. The van der Waals surface area contributed by atoms with E-state index in [0.29, 0.717) is 0 Å². The Morgan fingerprint density at radius 2 is 0.736 bits per heavy atom. The van der Waals surface area contributed by atoms with E-state index in [1.165, 1.54) is 108 Å². The van der Waals surface area contributed by atoms with Crippen LogP contribution in [0.4, 0.5) is 0 Å². The lowest BCUT2D eigenvalue weighted by molar-refractivity contribution is 1.59. The van der Waals surface area contributed by atoms with Gasteiger partial charge in [0.25, 0.3) is 0 Å². The molecular weight excluding hydrogens is 657 g/mol. The molecule has 246 valence electrons. The maximum atomic E-state index is 2.37. The van der Waals surface area contributed by atoms with Crippen LogP contribution in [0.25, 0.3) is 108 Å². The molecule has 0 N–H and O–H groups in total. The van der Waals surface area contributed by atoms with Crippen LogP contribution < -0.4 is 0 Å². The summed E-state index contributed by atoms with van der Waals surface area (Å²) in [6.07, 6.45) is 0. The Balaban J connectivity index is 1.09. The minimum Gasteiger partial charge on any atom is -0.135 e. The molecular formula is C52H32S. The van der Waals surface area contributed by atoms with E-state index in [0.717, 1.165) is 0 Å². The van der Waals surface area contributed by atoms with Gasteiger partial charge >= 0.3 is 0 Å². The Bertz CT molecular complexity index is 3160. The van der Waals surface area contributed by atoms with Crippen LogP contribution in [0, 0.1) is 0 Å². The number of fused-ring (bicyclic) bond motifs is 7. The molecule has 0 nitrogen and oxygen atoms in total. The molecule has 1 heterocycles. The van der Waals surface area contributed by atoms with Crippen molar-refractivity contribution in [3.05, 3.63) is 194 Å². The predicted octanol–water partition coefficient (Wildman–Crippen LogP) is 15.3. The van der Waals surface area contributed by atoms with Gasteiger partial charge in [0.15, 0.2) is 0 Å². The molecule has 0 aliphatic heterocycles. The predicted molar refractivity (Wildman–Crippen MR) is 231 cm³/mol. The van der Waals surface area contributed by atoms with E-state index in [2.05, 4.69) is 194 Å². The fourth-order valence-electron chi connectivity index (χ4n) is 8.57. The van der Waals surface area contributed by atoms with Crippen molar-refractivity contribution >= 4 is 74.6 Å². The van der Waals surface area contributed by atoms with Gasteiger partial charge in [-0.1, -0.05) is 176 Å². The van der Waals surface area contributed by atoms with Crippen molar-refractivity contribution in [2.45, 2.75) is 0 Å². The second-order valence-corrected chi connectivity index (χ2v) is 15.1. The first kappa shape index (κ1) is 30.1. The van der Waals surface area contributed by atoms with Gasteiger partial charge in [-0.15, -0.1) is 11.3 Å². The molecule has 0 aliphatic rings. The van der Waals surface area contributed by atoms with Crippen molar-refractivity contribution in [1.82, 2.24) is 0 Å². The summed E-state index contributed by atoms with van der Waals surface area (Å²) in [5, 5.41) is 12.9. The summed E-state index contributed by atoms with van der Waals surface area (Å²) < 4.78 is 2.67. The first-order valence-corrected chi connectivity index (χ1v) is 19.1. The van der Waals surface area contributed by atoms with Crippen LogP contribution >= 0.6 is 11.3 Å². The monoisotopic (exact) mass is 688 g/mol. The molecule has 0 radical (unpaired) electrons. The van der Waals surface area contributed by atoms with E-state index in [-0.39, 0.29) is 0 Å². The Labute approximate surface area is 311 Å². The van der Waals surface area contributed by atoms with Gasteiger partial charge in [-0.25, -0.2) is 0 Å². The normalized spacial score (nSPS) is 11.8. The number of hydrogen-bond acceptors (Lipinski definition) is 1. The Morgan fingerprint density at radius 3 is 1.42 bits per heavy atom. The van der Waals surface area contributed by atoms with E-state index >= 15 is 0 Å². The van der Waals surface area contributed by atoms with E-state index in [9.17, 15) is 0 Å². The highest BCUT2D eigenvalue weighted by Crippen LogP contribution is 2.48. The number of rotatable bonds is 4. The first-order valence-electron chi connectivity index (χ1n) is 18.3. The molecule has 0 fully saturated rings. The molecule has 0 atom stereocenters. The van der Waals surface area contributed by atoms with Crippen LogP contribution in [0.3, 0.4) is 0 Å². The zero-order valence-corrected chi connectivity index (χ0v) is 29.7. The van der Waals surface area contributed by atoms with Crippen molar-refractivity contribution in [3.63, 3.8) is 0 Å². The minimum absolute atomic E-state index is 1.21. The summed E-state index contributed by atoms with van der Waals surface area (Å²) in [4.78, 5) is 0. The molecule has 1 heteroatoms. The summed E-state index contributed by atoms with van der Waals surface area (Å²) in [5.74, 6) is 0. The highest BCUT2D eigenvalue weighted by atomic mass is 32.1. The highest BCUT2D eigenvalue weighted by molar-refractivity contribution is 7.26. The van der Waals surface area contributed by atoms with E-state index < -0.39 is 0 Å². The molecule has 0 saturated carbocycles. The van der Waals surface area contributed by atoms with Gasteiger partial charge < -0.3 is 0 Å². The molecule has 0 bridgehead atoms. The van der Waals surface area contributed by atoms with Gasteiger partial charge in [0.2, 0.25) is 0 Å². The van der Waals surface area contributed by atoms with Crippen molar-refractivity contribution in [3.8, 4) is 44.5 Å². The van der Waals surface area contributed by atoms with Crippen LogP contribution in [0.1, 0.15) is 0 Å². The fraction of sp³-hybridized carbons (Fsp3) is 0. The van der Waals surface area contributed by atoms with Crippen LogP contribution in [-0.4, -0.2) is 0 Å². The van der Waals surface area contributed by atoms with Gasteiger partial charge in [-0.2, -0.15) is 0 Å². The fourth-order valence-corrected chi connectivity index (χ4v) is 9.82. The zero-order chi connectivity index (χ0) is 34.9. The summed E-state index contributed by atoms with van der Waals surface area (Å²) in [6.45, 7) is 0. The molecule has 1 aromatic heterocycles. The third-order valence-corrected chi connectivity index (χ3v) is 12.2. The average Bonchev–Trinajstić information content (AvgIpc) is 3.59. The minimum atomic E-state index is 1.21. The lowest BCUT2D eigenvalue weighted by Crippen LogP contribution is -1.91. The molecule has 11 rings (SSSR count). The lowest BCUT2D eigenvalue weighted by Gasteiger charge is -2.18. The highest BCUT2D eigenvalue weighted by Gasteiger charge is 2.20. The topological polar surface area (TPSA) is 0 Å². The van der Waals surface area contributed by atoms with Gasteiger partial charge in [0.1, 0.15) is 0 Å². The molecule has 11 aromatic rings. The van der Waals surface area contributed by atoms with Gasteiger partial charge in [0.05, 0.1) is 0 Å². The van der Waals surface area contributed by atoms with Gasteiger partial charge in [0, 0.05) is 25.7 Å². The van der Waals surface area contributed by atoms with Crippen LogP contribution in [0.5, 0.6) is 0 Å². The third kappa shape index (κ3) is 4.82. The molecule has 0 unspecified atom stereocenters. The summed E-state index contributed by atoms with van der Waals surface area (Å²) >= 11 is 1.92. The lowest BCUT2D eigenvalue weighted by atomic mass is 9.85. The van der Waals surface area contributed by atoms with Crippen LogP contribution in [-0.2, 0) is 0 Å².